The molecule has 0 fully saturated rings. The van der Waals surface area contributed by atoms with Gasteiger partial charge in [-0.1, -0.05) is 78.9 Å². The fourth-order valence-electron chi connectivity index (χ4n) is 7.12. The molecule has 0 aliphatic carbocycles. The molecule has 3 heterocycles. The zero-order valence-electron chi connectivity index (χ0n) is 28.2. The van der Waals surface area contributed by atoms with Crippen LogP contribution in [-0.2, 0) is 9.47 Å². The molecule has 0 saturated heterocycles. The Morgan fingerprint density at radius 3 is 1.53 bits per heavy atom. The number of hydrogen-bond acceptors (Lipinski definition) is 4. The lowest BCUT2D eigenvalue weighted by molar-refractivity contribution is 0.279. The van der Waals surface area contributed by atoms with Gasteiger partial charge in [-0.2, -0.15) is 0 Å². The van der Waals surface area contributed by atoms with E-state index in [9.17, 15) is 0 Å². The van der Waals surface area contributed by atoms with Crippen LogP contribution in [0, 0.1) is 0 Å². The maximum atomic E-state index is 5.89. The Kier molecular flexibility index (Phi) is 6.57. The van der Waals surface area contributed by atoms with Crippen LogP contribution in [0.25, 0.3) is 60.5 Å². The number of aromatic nitrogens is 1. The van der Waals surface area contributed by atoms with Crippen molar-refractivity contribution in [3.8, 4) is 27.9 Å². The molecule has 0 saturated carbocycles. The standard InChI is InChI=1S/C44H37N3O2/c1-43(2)26-48-41(45-43)30-14-10-28(11-15-30)32-18-21-36-34(24-32)20-23-38-37-22-19-33(25-39(37)47(40(36)38)35-8-6-5-7-9-35)29-12-16-31(17-13-29)42-46-44(3,4)27-49-42/h5-25H,26-27H2,1-4H3. The van der Waals surface area contributed by atoms with Crippen molar-refractivity contribution in [2.75, 3.05) is 13.2 Å². The molecule has 2 aliphatic rings. The van der Waals surface area contributed by atoms with Gasteiger partial charge in [0.15, 0.2) is 0 Å². The second-order valence-electron chi connectivity index (χ2n) is 14.5. The first kappa shape index (κ1) is 29.5. The molecule has 1 aromatic heterocycles. The van der Waals surface area contributed by atoms with Gasteiger partial charge in [0.1, 0.15) is 13.2 Å². The number of rotatable bonds is 5. The second-order valence-corrected chi connectivity index (χ2v) is 14.5. The summed E-state index contributed by atoms with van der Waals surface area (Å²) in [5.41, 5.74) is 9.87. The van der Waals surface area contributed by atoms with Crippen LogP contribution in [0.2, 0.25) is 0 Å². The molecule has 49 heavy (non-hydrogen) atoms. The predicted octanol–water partition coefficient (Wildman–Crippen LogP) is 10.4. The van der Waals surface area contributed by atoms with E-state index in [2.05, 4.69) is 160 Å². The van der Waals surface area contributed by atoms with Gasteiger partial charge in [-0.05, 0) is 104 Å². The molecule has 0 bridgehead atoms. The van der Waals surface area contributed by atoms with E-state index in [4.69, 9.17) is 19.5 Å². The lowest BCUT2D eigenvalue weighted by atomic mass is 9.98. The third kappa shape index (κ3) is 5.17. The number of nitrogens with zero attached hydrogens (tertiary/aromatic N) is 3. The summed E-state index contributed by atoms with van der Waals surface area (Å²) in [4.78, 5) is 9.50. The van der Waals surface area contributed by atoms with Crippen molar-refractivity contribution in [1.82, 2.24) is 4.57 Å². The van der Waals surface area contributed by atoms with Crippen molar-refractivity contribution >= 4 is 44.4 Å². The van der Waals surface area contributed by atoms with E-state index in [1.165, 1.54) is 43.7 Å². The van der Waals surface area contributed by atoms with E-state index in [1.54, 1.807) is 0 Å². The fourth-order valence-corrected chi connectivity index (χ4v) is 7.12. The largest absolute Gasteiger partial charge is 0.475 e. The maximum Gasteiger partial charge on any atom is 0.216 e. The topological polar surface area (TPSA) is 48.1 Å². The molecule has 5 heteroatoms. The summed E-state index contributed by atoms with van der Waals surface area (Å²) in [6, 6.07) is 46.0. The van der Waals surface area contributed by atoms with E-state index >= 15 is 0 Å². The monoisotopic (exact) mass is 639 g/mol. The Morgan fingerprint density at radius 2 is 0.980 bits per heavy atom. The minimum absolute atomic E-state index is 0.175. The first-order chi connectivity index (χ1) is 23.7. The van der Waals surface area contributed by atoms with Crippen LogP contribution >= 0.6 is 0 Å². The molecule has 0 N–H and O–H groups in total. The first-order valence-corrected chi connectivity index (χ1v) is 16.9. The lowest BCUT2D eigenvalue weighted by Gasteiger charge is -2.12. The van der Waals surface area contributed by atoms with Gasteiger partial charge in [0.2, 0.25) is 11.8 Å². The SMILES string of the molecule is CC1(C)COC(c2ccc(-c3ccc4c(ccc5c6ccc(-c7ccc(C8=NC(C)(C)CO8)cc7)cc6n(-c6ccccc6)c45)c3)cc2)=N1. The molecule has 2 aliphatic heterocycles. The normalized spacial score (nSPS) is 16.5. The summed E-state index contributed by atoms with van der Waals surface area (Å²) in [5.74, 6) is 1.45. The van der Waals surface area contributed by atoms with Crippen LogP contribution in [0.3, 0.4) is 0 Å². The predicted molar refractivity (Wildman–Crippen MR) is 202 cm³/mol. The number of hydrogen-bond donors (Lipinski definition) is 0. The Morgan fingerprint density at radius 1 is 0.490 bits per heavy atom. The van der Waals surface area contributed by atoms with E-state index < -0.39 is 0 Å². The zero-order valence-corrected chi connectivity index (χ0v) is 28.2. The minimum atomic E-state index is -0.181. The summed E-state index contributed by atoms with van der Waals surface area (Å²) >= 11 is 0. The van der Waals surface area contributed by atoms with Crippen molar-refractivity contribution in [2.24, 2.45) is 9.98 Å². The third-order valence-corrected chi connectivity index (χ3v) is 9.62. The van der Waals surface area contributed by atoms with E-state index in [0.29, 0.717) is 13.2 Å². The summed E-state index contributed by atoms with van der Waals surface area (Å²) in [5, 5.41) is 4.90. The lowest BCUT2D eigenvalue weighted by Crippen LogP contribution is -2.17. The first-order valence-electron chi connectivity index (χ1n) is 16.9. The number of ether oxygens (including phenoxy) is 2. The highest BCUT2D eigenvalue weighted by atomic mass is 16.5. The number of para-hydroxylation sites is 1. The van der Waals surface area contributed by atoms with Gasteiger partial charge >= 0.3 is 0 Å². The molecule has 0 atom stereocenters. The Balaban J connectivity index is 1.14. The molecular weight excluding hydrogens is 603 g/mol. The Bertz CT molecular complexity index is 2470. The molecule has 6 aromatic carbocycles. The van der Waals surface area contributed by atoms with Crippen LogP contribution < -0.4 is 0 Å². The zero-order chi connectivity index (χ0) is 33.3. The van der Waals surface area contributed by atoms with Crippen LogP contribution in [0.1, 0.15) is 38.8 Å². The van der Waals surface area contributed by atoms with E-state index in [-0.39, 0.29) is 11.1 Å². The average Bonchev–Trinajstić information content (AvgIpc) is 3.79. The highest BCUT2D eigenvalue weighted by molar-refractivity contribution is 6.19. The molecular formula is C44H37N3O2. The Hall–Kier alpha value is -5.68. The number of fused-ring (bicyclic) bond motifs is 5. The highest BCUT2D eigenvalue weighted by Crippen LogP contribution is 2.39. The average molecular weight is 640 g/mol. The minimum Gasteiger partial charge on any atom is -0.475 e. The molecule has 0 radical (unpaired) electrons. The highest BCUT2D eigenvalue weighted by Gasteiger charge is 2.28. The molecule has 5 nitrogen and oxygen atoms in total. The molecule has 0 spiro atoms. The van der Waals surface area contributed by atoms with Gasteiger partial charge in [0.25, 0.3) is 0 Å². The number of benzene rings is 6. The van der Waals surface area contributed by atoms with Crippen LogP contribution in [-0.4, -0.2) is 40.7 Å². The van der Waals surface area contributed by atoms with E-state index in [1.807, 2.05) is 0 Å². The van der Waals surface area contributed by atoms with Gasteiger partial charge in [-0.15, -0.1) is 0 Å². The molecule has 9 rings (SSSR count). The van der Waals surface area contributed by atoms with E-state index in [0.717, 1.165) is 39.7 Å². The number of aliphatic imine (C=N–C) groups is 2. The molecule has 0 unspecified atom stereocenters. The molecule has 7 aromatic rings. The van der Waals surface area contributed by atoms with Crippen molar-refractivity contribution < 1.29 is 9.47 Å². The van der Waals surface area contributed by atoms with Crippen LogP contribution in [0.4, 0.5) is 0 Å². The summed E-state index contributed by atoms with van der Waals surface area (Å²) in [6.45, 7) is 9.61. The van der Waals surface area contributed by atoms with Gasteiger partial charge < -0.3 is 14.0 Å². The van der Waals surface area contributed by atoms with Gasteiger partial charge in [0.05, 0.1) is 22.1 Å². The summed E-state index contributed by atoms with van der Waals surface area (Å²) < 4.78 is 14.2. The Labute approximate surface area is 286 Å². The van der Waals surface area contributed by atoms with Gasteiger partial charge in [-0.3, -0.25) is 0 Å². The van der Waals surface area contributed by atoms with Gasteiger partial charge in [-0.25, -0.2) is 9.98 Å². The van der Waals surface area contributed by atoms with Crippen molar-refractivity contribution in [2.45, 2.75) is 38.8 Å². The van der Waals surface area contributed by atoms with Crippen molar-refractivity contribution in [1.29, 1.82) is 0 Å². The summed E-state index contributed by atoms with van der Waals surface area (Å²) in [7, 11) is 0. The second kappa shape index (κ2) is 10.9. The fraction of sp³-hybridized carbons (Fsp3) is 0.182. The van der Waals surface area contributed by atoms with Crippen LogP contribution in [0.15, 0.2) is 137 Å². The maximum absolute atomic E-state index is 5.89. The third-order valence-electron chi connectivity index (χ3n) is 9.62. The smallest absolute Gasteiger partial charge is 0.216 e. The molecule has 240 valence electrons. The van der Waals surface area contributed by atoms with Gasteiger partial charge in [0, 0.05) is 33.0 Å². The van der Waals surface area contributed by atoms with Crippen molar-refractivity contribution in [3.05, 3.63) is 139 Å². The summed E-state index contributed by atoms with van der Waals surface area (Å²) in [6.07, 6.45) is 0. The van der Waals surface area contributed by atoms with Crippen LogP contribution in [0.5, 0.6) is 0 Å². The quantitative estimate of drug-likeness (QED) is 0.188. The molecule has 0 amide bonds. The van der Waals surface area contributed by atoms with Crippen molar-refractivity contribution in [3.63, 3.8) is 0 Å².